The van der Waals surface area contributed by atoms with Crippen molar-refractivity contribution in [1.29, 1.82) is 0 Å². The van der Waals surface area contributed by atoms with Gasteiger partial charge in [-0.2, -0.15) is 4.98 Å². The number of hydrogen-bond acceptors (Lipinski definition) is 5. The fourth-order valence-corrected chi connectivity index (χ4v) is 2.96. The molecule has 2 amide bonds. The van der Waals surface area contributed by atoms with E-state index in [9.17, 15) is 9.18 Å². The molecule has 1 aliphatic heterocycles. The summed E-state index contributed by atoms with van der Waals surface area (Å²) < 4.78 is 24.2. The Morgan fingerprint density at radius 3 is 3.04 bits per heavy atom. The van der Waals surface area contributed by atoms with Crippen molar-refractivity contribution in [3.05, 3.63) is 41.8 Å². The minimum atomic E-state index is -0.417. The number of urea groups is 1. The molecule has 0 saturated carbocycles. The molecule has 26 heavy (non-hydrogen) atoms. The number of hydrogen-bond donors (Lipinski definition) is 1. The Morgan fingerprint density at radius 2 is 2.31 bits per heavy atom. The number of nitrogens with zero attached hydrogens (tertiary/aromatic N) is 3. The van der Waals surface area contributed by atoms with Gasteiger partial charge < -0.3 is 19.5 Å². The van der Waals surface area contributed by atoms with Gasteiger partial charge in [0.2, 0.25) is 5.89 Å². The largest absolute Gasteiger partial charge is 0.488 e. The summed E-state index contributed by atoms with van der Waals surface area (Å²) >= 11 is 0. The Morgan fingerprint density at radius 1 is 1.50 bits per heavy atom. The van der Waals surface area contributed by atoms with E-state index in [4.69, 9.17) is 9.26 Å². The van der Waals surface area contributed by atoms with Crippen molar-refractivity contribution in [2.24, 2.45) is 0 Å². The second-order valence-corrected chi connectivity index (χ2v) is 6.56. The number of aryl methyl sites for hydroxylation is 1. The monoisotopic (exact) mass is 362 g/mol. The van der Waals surface area contributed by atoms with E-state index in [1.807, 2.05) is 6.92 Å². The van der Waals surface area contributed by atoms with Gasteiger partial charge in [-0.15, -0.1) is 0 Å². The summed E-state index contributed by atoms with van der Waals surface area (Å²) in [6.45, 7) is 5.00. The smallest absolute Gasteiger partial charge is 0.317 e. The highest BCUT2D eigenvalue weighted by molar-refractivity contribution is 5.74. The summed E-state index contributed by atoms with van der Waals surface area (Å²) in [5.41, 5.74) is 0. The summed E-state index contributed by atoms with van der Waals surface area (Å²) in [6, 6.07) is 5.78. The first-order valence-electron chi connectivity index (χ1n) is 8.76. The molecule has 0 unspecified atom stereocenters. The second kappa shape index (κ2) is 8.16. The van der Waals surface area contributed by atoms with Gasteiger partial charge in [-0.25, -0.2) is 9.18 Å². The van der Waals surface area contributed by atoms with Crippen LogP contribution in [0.1, 0.15) is 37.4 Å². The predicted octanol–water partition coefficient (Wildman–Crippen LogP) is 2.87. The highest BCUT2D eigenvalue weighted by atomic mass is 19.1. The minimum absolute atomic E-state index is 0.0562. The van der Waals surface area contributed by atoms with Crippen LogP contribution in [-0.4, -0.2) is 46.8 Å². The Kier molecular flexibility index (Phi) is 5.70. The van der Waals surface area contributed by atoms with Crippen molar-refractivity contribution >= 4 is 6.03 Å². The third-order valence-electron chi connectivity index (χ3n) is 4.30. The van der Waals surface area contributed by atoms with Crippen LogP contribution in [-0.2, 0) is 0 Å². The maximum absolute atomic E-state index is 13.6. The normalized spacial score (nSPS) is 18.4. The van der Waals surface area contributed by atoms with Gasteiger partial charge in [-0.05, 0) is 38.8 Å². The molecule has 0 bridgehead atoms. The van der Waals surface area contributed by atoms with Crippen LogP contribution >= 0.6 is 0 Å². The first kappa shape index (κ1) is 18.2. The Balaban J connectivity index is 1.49. The molecule has 1 saturated heterocycles. The van der Waals surface area contributed by atoms with E-state index in [1.165, 1.54) is 6.07 Å². The van der Waals surface area contributed by atoms with Crippen molar-refractivity contribution in [3.8, 4) is 5.75 Å². The topological polar surface area (TPSA) is 80.5 Å². The molecule has 1 fully saturated rings. The number of likely N-dealkylation sites (tertiary alicyclic amines) is 1. The van der Waals surface area contributed by atoms with Crippen LogP contribution in [0.4, 0.5) is 9.18 Å². The lowest BCUT2D eigenvalue weighted by molar-refractivity contribution is 0.164. The zero-order valence-corrected chi connectivity index (χ0v) is 14.9. The molecule has 1 aliphatic rings. The quantitative estimate of drug-likeness (QED) is 0.885. The van der Waals surface area contributed by atoms with Crippen LogP contribution in [0.15, 0.2) is 28.8 Å². The Hall–Kier alpha value is -2.64. The van der Waals surface area contributed by atoms with Gasteiger partial charge in [0, 0.05) is 13.1 Å². The van der Waals surface area contributed by atoms with Crippen molar-refractivity contribution in [2.45, 2.75) is 38.6 Å². The summed E-state index contributed by atoms with van der Waals surface area (Å²) in [5.74, 6) is 0.996. The van der Waals surface area contributed by atoms with E-state index >= 15 is 0 Å². The van der Waals surface area contributed by atoms with E-state index in [1.54, 1.807) is 30.0 Å². The lowest BCUT2D eigenvalue weighted by Gasteiger charge is -2.32. The van der Waals surface area contributed by atoms with Crippen LogP contribution in [0.2, 0.25) is 0 Å². The number of ether oxygens (including phenoxy) is 1. The van der Waals surface area contributed by atoms with E-state index in [0.29, 0.717) is 24.8 Å². The maximum Gasteiger partial charge on any atom is 0.317 e. The molecule has 7 nitrogen and oxygen atoms in total. The zero-order chi connectivity index (χ0) is 18.5. The van der Waals surface area contributed by atoms with Gasteiger partial charge in [0.1, 0.15) is 6.61 Å². The highest BCUT2D eigenvalue weighted by Gasteiger charge is 2.28. The number of carbonyl (C=O) groups excluding carboxylic acids is 1. The standard InChI is InChI=1S/C18H23FN4O3/c1-12(11-25-16-8-4-3-7-15(16)19)20-18(24)23-9-5-6-14(10-23)17-21-13(2)22-26-17/h3-4,7-8,12,14H,5-6,9-11H2,1-2H3,(H,20,24)/t12-,14-/m1/s1. The maximum atomic E-state index is 13.6. The van der Waals surface area contributed by atoms with Gasteiger partial charge in [0.15, 0.2) is 17.4 Å². The lowest BCUT2D eigenvalue weighted by atomic mass is 9.98. The fourth-order valence-electron chi connectivity index (χ4n) is 2.96. The van der Waals surface area contributed by atoms with E-state index in [2.05, 4.69) is 15.5 Å². The first-order chi connectivity index (χ1) is 12.5. The summed E-state index contributed by atoms with van der Waals surface area (Å²) in [7, 11) is 0. The molecule has 1 N–H and O–H groups in total. The zero-order valence-electron chi connectivity index (χ0n) is 14.9. The van der Waals surface area contributed by atoms with Crippen LogP contribution in [0.3, 0.4) is 0 Å². The molecule has 3 rings (SSSR count). The van der Waals surface area contributed by atoms with Crippen molar-refractivity contribution in [1.82, 2.24) is 20.4 Å². The number of rotatable bonds is 5. The molecule has 0 spiro atoms. The average molecular weight is 362 g/mol. The average Bonchev–Trinajstić information content (AvgIpc) is 3.07. The third-order valence-corrected chi connectivity index (χ3v) is 4.30. The van der Waals surface area contributed by atoms with Gasteiger partial charge >= 0.3 is 6.03 Å². The molecule has 1 aromatic carbocycles. The van der Waals surface area contributed by atoms with Crippen LogP contribution in [0.5, 0.6) is 5.75 Å². The van der Waals surface area contributed by atoms with E-state index < -0.39 is 5.82 Å². The van der Waals surface area contributed by atoms with Crippen molar-refractivity contribution < 1.29 is 18.4 Å². The lowest BCUT2D eigenvalue weighted by Crippen LogP contribution is -2.49. The number of aromatic nitrogens is 2. The summed E-state index contributed by atoms with van der Waals surface area (Å²) in [4.78, 5) is 18.5. The number of nitrogens with one attached hydrogen (secondary N) is 1. The first-order valence-corrected chi connectivity index (χ1v) is 8.76. The molecule has 2 heterocycles. The molecular weight excluding hydrogens is 339 g/mol. The Bertz CT molecular complexity index is 752. The number of amides is 2. The SMILES string of the molecule is Cc1noc([C@@H]2CCCN(C(=O)N[C@H](C)COc3ccccc3F)C2)n1. The van der Waals surface area contributed by atoms with Gasteiger partial charge in [-0.1, -0.05) is 17.3 Å². The summed E-state index contributed by atoms with van der Waals surface area (Å²) in [6.07, 6.45) is 1.79. The van der Waals surface area contributed by atoms with E-state index in [-0.39, 0.29) is 30.3 Å². The fraction of sp³-hybridized carbons (Fsp3) is 0.500. The van der Waals surface area contributed by atoms with Crippen molar-refractivity contribution in [2.75, 3.05) is 19.7 Å². The van der Waals surface area contributed by atoms with Crippen LogP contribution in [0.25, 0.3) is 0 Å². The number of para-hydroxylation sites is 1. The highest BCUT2D eigenvalue weighted by Crippen LogP contribution is 2.25. The number of halogens is 1. The third kappa shape index (κ3) is 4.50. The van der Waals surface area contributed by atoms with Crippen molar-refractivity contribution in [3.63, 3.8) is 0 Å². The van der Waals surface area contributed by atoms with Gasteiger partial charge in [-0.3, -0.25) is 0 Å². The molecule has 1 aromatic heterocycles. The molecule has 8 heteroatoms. The predicted molar refractivity (Wildman–Crippen MR) is 92.5 cm³/mol. The second-order valence-electron chi connectivity index (χ2n) is 6.56. The molecular formula is C18H23FN4O3. The number of piperidine rings is 1. The molecule has 2 aromatic rings. The van der Waals surface area contributed by atoms with Gasteiger partial charge in [0.25, 0.3) is 0 Å². The molecule has 0 radical (unpaired) electrons. The van der Waals surface area contributed by atoms with Gasteiger partial charge in [0.05, 0.1) is 12.0 Å². The molecule has 140 valence electrons. The Labute approximate surface area is 151 Å². The number of carbonyl (C=O) groups is 1. The minimum Gasteiger partial charge on any atom is -0.488 e. The number of benzene rings is 1. The molecule has 0 aliphatic carbocycles. The summed E-state index contributed by atoms with van der Waals surface area (Å²) in [5, 5.41) is 6.71. The van der Waals surface area contributed by atoms with Crippen LogP contribution in [0, 0.1) is 12.7 Å². The molecule has 2 atom stereocenters. The van der Waals surface area contributed by atoms with Crippen LogP contribution < -0.4 is 10.1 Å². The van der Waals surface area contributed by atoms with E-state index in [0.717, 1.165) is 12.8 Å².